The van der Waals surface area contributed by atoms with Gasteiger partial charge in [0.2, 0.25) is 5.91 Å². The number of halogens is 3. The third-order valence-corrected chi connectivity index (χ3v) is 2.64. The second-order valence-corrected chi connectivity index (χ2v) is 4.30. The molecule has 18 heavy (non-hydrogen) atoms. The molecule has 0 aromatic heterocycles. The van der Waals surface area contributed by atoms with E-state index in [0.717, 1.165) is 6.07 Å². The van der Waals surface area contributed by atoms with Crippen LogP contribution in [0.4, 0.5) is 4.39 Å². The van der Waals surface area contributed by atoms with E-state index in [4.69, 9.17) is 23.2 Å². The zero-order valence-electron chi connectivity index (χ0n) is 9.52. The van der Waals surface area contributed by atoms with Gasteiger partial charge in [0.1, 0.15) is 5.82 Å². The van der Waals surface area contributed by atoms with Crippen LogP contribution in [0, 0.1) is 5.82 Å². The zero-order valence-corrected chi connectivity index (χ0v) is 11.0. The van der Waals surface area contributed by atoms with Crippen LogP contribution in [0.1, 0.15) is 17.3 Å². The zero-order chi connectivity index (χ0) is 13.7. The maximum atomic E-state index is 13.2. The molecule has 0 atom stereocenters. The first-order valence-corrected chi connectivity index (χ1v) is 5.84. The highest BCUT2D eigenvalue weighted by molar-refractivity contribution is 6.36. The van der Waals surface area contributed by atoms with Gasteiger partial charge in [0.05, 0.1) is 15.6 Å². The molecular weight excluding hydrogens is 282 g/mol. The lowest BCUT2D eigenvalue weighted by Gasteiger charge is -2.07. The van der Waals surface area contributed by atoms with E-state index in [1.54, 1.807) is 0 Å². The topological polar surface area (TPSA) is 58.2 Å². The predicted octanol–water partition coefficient (Wildman–Crippen LogP) is 2.00. The third-order valence-electron chi connectivity index (χ3n) is 2.04. The lowest BCUT2D eigenvalue weighted by molar-refractivity contribution is -0.118. The van der Waals surface area contributed by atoms with Gasteiger partial charge in [0.25, 0.3) is 5.91 Å². The van der Waals surface area contributed by atoms with Crippen molar-refractivity contribution in [3.05, 3.63) is 33.6 Å². The van der Waals surface area contributed by atoms with Gasteiger partial charge in [-0.2, -0.15) is 0 Å². The van der Waals surface area contributed by atoms with Crippen LogP contribution in [0.5, 0.6) is 0 Å². The highest BCUT2D eigenvalue weighted by Gasteiger charge is 2.13. The van der Waals surface area contributed by atoms with E-state index < -0.39 is 11.7 Å². The first-order valence-electron chi connectivity index (χ1n) is 5.09. The number of carbonyl (C=O) groups is 2. The fraction of sp³-hybridized carbons (Fsp3) is 0.273. The van der Waals surface area contributed by atoms with Crippen molar-refractivity contribution in [2.24, 2.45) is 0 Å². The molecule has 2 N–H and O–H groups in total. The lowest BCUT2D eigenvalue weighted by atomic mass is 10.2. The summed E-state index contributed by atoms with van der Waals surface area (Å²) in [6.45, 7) is 1.88. The van der Waals surface area contributed by atoms with Gasteiger partial charge >= 0.3 is 0 Å². The van der Waals surface area contributed by atoms with Crippen LogP contribution in [-0.4, -0.2) is 24.9 Å². The summed E-state index contributed by atoms with van der Waals surface area (Å²) in [5.74, 6) is -1.44. The molecule has 7 heteroatoms. The molecule has 0 aliphatic rings. The molecule has 1 aromatic rings. The molecule has 1 rings (SSSR count). The minimum Gasteiger partial charge on any atom is -0.355 e. The number of benzene rings is 1. The van der Waals surface area contributed by atoms with E-state index in [0.29, 0.717) is 0 Å². The van der Waals surface area contributed by atoms with Gasteiger partial charge in [-0.25, -0.2) is 4.39 Å². The van der Waals surface area contributed by atoms with Crippen LogP contribution in [0.15, 0.2) is 12.1 Å². The normalized spacial score (nSPS) is 10.0. The van der Waals surface area contributed by atoms with Gasteiger partial charge in [-0.15, -0.1) is 0 Å². The van der Waals surface area contributed by atoms with E-state index >= 15 is 0 Å². The van der Waals surface area contributed by atoms with E-state index in [9.17, 15) is 14.0 Å². The molecule has 0 spiro atoms. The lowest BCUT2D eigenvalue weighted by Crippen LogP contribution is -2.33. The number of hydrogen-bond donors (Lipinski definition) is 2. The van der Waals surface area contributed by atoms with Crippen molar-refractivity contribution in [2.75, 3.05) is 13.1 Å². The average molecular weight is 293 g/mol. The van der Waals surface area contributed by atoms with Crippen molar-refractivity contribution in [1.29, 1.82) is 0 Å². The molecule has 98 valence electrons. The van der Waals surface area contributed by atoms with Crippen LogP contribution in [0.2, 0.25) is 10.0 Å². The van der Waals surface area contributed by atoms with Gasteiger partial charge in [-0.3, -0.25) is 9.59 Å². The van der Waals surface area contributed by atoms with Gasteiger partial charge in [-0.05, 0) is 12.1 Å². The summed E-state index contributed by atoms with van der Waals surface area (Å²) in [4.78, 5) is 22.2. The van der Waals surface area contributed by atoms with Crippen LogP contribution in [0.25, 0.3) is 0 Å². The maximum Gasteiger partial charge on any atom is 0.252 e. The Hall–Kier alpha value is -1.33. The predicted molar refractivity (Wildman–Crippen MR) is 67.4 cm³/mol. The Morgan fingerprint density at radius 2 is 1.78 bits per heavy atom. The Bertz CT molecular complexity index is 480. The Kier molecular flexibility index (Phi) is 5.37. The Labute approximate surface area is 113 Å². The Morgan fingerprint density at radius 3 is 2.39 bits per heavy atom. The van der Waals surface area contributed by atoms with Crippen molar-refractivity contribution in [3.8, 4) is 0 Å². The van der Waals surface area contributed by atoms with Crippen molar-refractivity contribution in [1.82, 2.24) is 10.6 Å². The van der Waals surface area contributed by atoms with E-state index in [-0.39, 0.29) is 34.6 Å². The molecule has 1 aromatic carbocycles. The highest BCUT2D eigenvalue weighted by Crippen LogP contribution is 2.24. The number of nitrogens with one attached hydrogen (secondary N) is 2. The minimum absolute atomic E-state index is 0.00129. The van der Waals surface area contributed by atoms with Crippen LogP contribution < -0.4 is 10.6 Å². The smallest absolute Gasteiger partial charge is 0.252 e. The van der Waals surface area contributed by atoms with Crippen molar-refractivity contribution in [3.63, 3.8) is 0 Å². The second-order valence-electron chi connectivity index (χ2n) is 3.49. The van der Waals surface area contributed by atoms with Crippen molar-refractivity contribution >= 4 is 35.0 Å². The van der Waals surface area contributed by atoms with E-state index in [1.807, 2.05) is 0 Å². The quantitative estimate of drug-likeness (QED) is 0.659. The molecular formula is C11H11Cl2FN2O2. The van der Waals surface area contributed by atoms with Crippen LogP contribution in [0.3, 0.4) is 0 Å². The molecule has 0 aliphatic heterocycles. The largest absolute Gasteiger partial charge is 0.355 e. The number of amides is 2. The summed E-state index contributed by atoms with van der Waals surface area (Å²) >= 11 is 11.3. The van der Waals surface area contributed by atoms with Crippen LogP contribution in [-0.2, 0) is 4.79 Å². The summed E-state index contributed by atoms with van der Waals surface area (Å²) < 4.78 is 13.2. The summed E-state index contributed by atoms with van der Waals surface area (Å²) in [7, 11) is 0. The molecule has 2 amide bonds. The summed E-state index contributed by atoms with van der Waals surface area (Å²) in [6.07, 6.45) is 0. The minimum atomic E-state index is -0.715. The first-order chi connectivity index (χ1) is 8.41. The molecule has 0 saturated carbocycles. The standard InChI is InChI=1S/C11H11Cl2FN2O2/c1-6(17)15-2-3-16-11(18)7-4-10(14)9(13)5-8(7)12/h4-5H,2-3H2,1H3,(H,15,17)(H,16,18). The van der Waals surface area contributed by atoms with Gasteiger partial charge in [0, 0.05) is 20.0 Å². The first kappa shape index (κ1) is 14.7. The van der Waals surface area contributed by atoms with Crippen LogP contribution >= 0.6 is 23.2 Å². The molecule has 0 bridgehead atoms. The third kappa shape index (κ3) is 4.16. The number of carbonyl (C=O) groups excluding carboxylic acids is 2. The summed E-state index contributed by atoms with van der Waals surface area (Å²) in [6, 6.07) is 2.14. The average Bonchev–Trinajstić information content (AvgIpc) is 2.28. The molecule has 0 unspecified atom stereocenters. The summed E-state index contributed by atoms with van der Waals surface area (Å²) in [5, 5.41) is 4.92. The SMILES string of the molecule is CC(=O)NCCNC(=O)c1cc(F)c(Cl)cc1Cl. The van der Waals surface area contributed by atoms with Gasteiger partial charge in [0.15, 0.2) is 0 Å². The van der Waals surface area contributed by atoms with Crippen molar-refractivity contribution in [2.45, 2.75) is 6.92 Å². The second kappa shape index (κ2) is 6.56. The number of rotatable bonds is 4. The molecule has 0 heterocycles. The highest BCUT2D eigenvalue weighted by atomic mass is 35.5. The van der Waals surface area contributed by atoms with E-state index in [2.05, 4.69) is 10.6 Å². The maximum absolute atomic E-state index is 13.2. The molecule has 0 aliphatic carbocycles. The van der Waals surface area contributed by atoms with Crippen molar-refractivity contribution < 1.29 is 14.0 Å². The van der Waals surface area contributed by atoms with Gasteiger partial charge < -0.3 is 10.6 Å². The molecule has 0 radical (unpaired) electrons. The Morgan fingerprint density at radius 1 is 1.17 bits per heavy atom. The molecule has 0 saturated heterocycles. The fourth-order valence-electron chi connectivity index (χ4n) is 1.21. The number of hydrogen-bond acceptors (Lipinski definition) is 2. The Balaban J connectivity index is 2.62. The molecule has 4 nitrogen and oxygen atoms in total. The molecule has 0 fully saturated rings. The van der Waals surface area contributed by atoms with E-state index in [1.165, 1.54) is 13.0 Å². The monoisotopic (exact) mass is 292 g/mol. The fourth-order valence-corrected chi connectivity index (χ4v) is 1.68. The van der Waals surface area contributed by atoms with Gasteiger partial charge in [-0.1, -0.05) is 23.2 Å². The summed E-state index contributed by atoms with van der Waals surface area (Å²) in [5.41, 5.74) is 0.00129.